The molecule has 1 aliphatic heterocycles. The lowest BCUT2D eigenvalue weighted by Gasteiger charge is -2.34. The van der Waals surface area contributed by atoms with E-state index in [4.69, 9.17) is 4.74 Å². The highest BCUT2D eigenvalue weighted by molar-refractivity contribution is 5.20. The Balaban J connectivity index is 1.61. The lowest BCUT2D eigenvalue weighted by molar-refractivity contribution is 0.172. The van der Waals surface area contributed by atoms with Gasteiger partial charge in [0, 0.05) is 25.2 Å². The fraction of sp³-hybridized carbons (Fsp3) is 0.647. The summed E-state index contributed by atoms with van der Waals surface area (Å²) in [6.45, 7) is 8.83. The number of ether oxygens (including phenoxy) is 1. The van der Waals surface area contributed by atoms with E-state index in [0.29, 0.717) is 12.1 Å². The van der Waals surface area contributed by atoms with Crippen LogP contribution in [-0.4, -0.2) is 43.2 Å². The molecule has 0 spiro atoms. The Kier molecular flexibility index (Phi) is 6.34. The van der Waals surface area contributed by atoms with E-state index in [-0.39, 0.29) is 0 Å². The number of hydrogen-bond donors (Lipinski definition) is 1. The van der Waals surface area contributed by atoms with Crippen LogP contribution in [-0.2, 0) is 0 Å². The quantitative estimate of drug-likeness (QED) is 0.775. The van der Waals surface area contributed by atoms with E-state index in [2.05, 4.69) is 24.1 Å². The highest BCUT2D eigenvalue weighted by Crippen LogP contribution is 2.12. The van der Waals surface area contributed by atoms with E-state index >= 15 is 0 Å². The number of likely N-dealkylation sites (tertiary alicyclic amines) is 1. The molecule has 112 valence electrons. The molecule has 1 fully saturated rings. The Labute approximate surface area is 123 Å². The lowest BCUT2D eigenvalue weighted by Crippen LogP contribution is -2.48. The van der Waals surface area contributed by atoms with E-state index < -0.39 is 0 Å². The molecule has 0 bridgehead atoms. The van der Waals surface area contributed by atoms with Gasteiger partial charge in [-0.3, -0.25) is 0 Å². The molecule has 1 unspecified atom stereocenters. The molecular formula is C17H28N2O. The lowest BCUT2D eigenvalue weighted by atomic mass is 10.0. The second-order valence-electron chi connectivity index (χ2n) is 5.98. The van der Waals surface area contributed by atoms with Crippen molar-refractivity contribution < 1.29 is 4.74 Å². The van der Waals surface area contributed by atoms with Crippen LogP contribution in [0.25, 0.3) is 0 Å². The molecule has 1 atom stereocenters. The summed E-state index contributed by atoms with van der Waals surface area (Å²) in [6, 6.07) is 11.3. The molecule has 1 N–H and O–H groups in total. The number of nitrogens with zero attached hydrogens (tertiary/aromatic N) is 1. The van der Waals surface area contributed by atoms with Gasteiger partial charge in [-0.2, -0.15) is 0 Å². The molecule has 1 saturated heterocycles. The van der Waals surface area contributed by atoms with Gasteiger partial charge in [0.25, 0.3) is 0 Å². The average molecular weight is 276 g/mol. The standard InChI is InChI=1S/C17H28N2O/c1-15(2)18-16-8-6-11-19(14-16)12-7-13-20-17-9-4-3-5-10-17/h3-5,9-10,15-16,18H,6-8,11-14H2,1-2H3. The summed E-state index contributed by atoms with van der Waals surface area (Å²) in [4.78, 5) is 2.57. The first-order chi connectivity index (χ1) is 9.74. The predicted molar refractivity (Wildman–Crippen MR) is 84.3 cm³/mol. The molecule has 20 heavy (non-hydrogen) atoms. The highest BCUT2D eigenvalue weighted by Gasteiger charge is 2.19. The topological polar surface area (TPSA) is 24.5 Å². The Bertz CT molecular complexity index is 367. The van der Waals surface area contributed by atoms with Gasteiger partial charge in [-0.05, 0) is 37.9 Å². The van der Waals surface area contributed by atoms with Crippen LogP contribution >= 0.6 is 0 Å². The van der Waals surface area contributed by atoms with Crippen LogP contribution in [0.5, 0.6) is 5.75 Å². The monoisotopic (exact) mass is 276 g/mol. The van der Waals surface area contributed by atoms with Crippen LogP contribution in [0.15, 0.2) is 30.3 Å². The molecule has 1 aromatic carbocycles. The first-order valence-electron chi connectivity index (χ1n) is 7.90. The van der Waals surface area contributed by atoms with Crippen molar-refractivity contribution in [3.05, 3.63) is 30.3 Å². The summed E-state index contributed by atoms with van der Waals surface area (Å²) < 4.78 is 5.75. The van der Waals surface area contributed by atoms with Gasteiger partial charge in [-0.15, -0.1) is 0 Å². The molecule has 2 rings (SSSR count). The van der Waals surface area contributed by atoms with Gasteiger partial charge in [0.2, 0.25) is 0 Å². The second-order valence-corrected chi connectivity index (χ2v) is 5.98. The zero-order valence-corrected chi connectivity index (χ0v) is 12.8. The summed E-state index contributed by atoms with van der Waals surface area (Å²) in [5, 5.41) is 3.66. The van der Waals surface area contributed by atoms with Crippen LogP contribution < -0.4 is 10.1 Å². The normalized spacial score (nSPS) is 20.2. The maximum Gasteiger partial charge on any atom is 0.119 e. The zero-order chi connectivity index (χ0) is 14.2. The Morgan fingerprint density at radius 1 is 1.30 bits per heavy atom. The number of benzene rings is 1. The molecule has 1 aliphatic rings. The average Bonchev–Trinajstić information content (AvgIpc) is 2.44. The minimum Gasteiger partial charge on any atom is -0.494 e. The van der Waals surface area contributed by atoms with Gasteiger partial charge >= 0.3 is 0 Å². The third-order valence-corrected chi connectivity index (χ3v) is 3.71. The smallest absolute Gasteiger partial charge is 0.119 e. The molecule has 0 aromatic heterocycles. The van der Waals surface area contributed by atoms with Crippen molar-refractivity contribution in [3.8, 4) is 5.75 Å². The molecule has 3 nitrogen and oxygen atoms in total. The van der Waals surface area contributed by atoms with Crippen LogP contribution in [0.3, 0.4) is 0 Å². The van der Waals surface area contributed by atoms with E-state index in [9.17, 15) is 0 Å². The van der Waals surface area contributed by atoms with E-state index in [1.165, 1.54) is 25.9 Å². The molecule has 1 heterocycles. The number of hydrogen-bond acceptors (Lipinski definition) is 3. The van der Waals surface area contributed by atoms with Gasteiger partial charge in [-0.25, -0.2) is 0 Å². The molecule has 0 amide bonds. The summed E-state index contributed by atoms with van der Waals surface area (Å²) in [5.74, 6) is 0.977. The van der Waals surface area contributed by atoms with Crippen molar-refractivity contribution in [1.82, 2.24) is 10.2 Å². The summed E-state index contributed by atoms with van der Waals surface area (Å²) in [6.07, 6.45) is 3.72. The fourth-order valence-corrected chi connectivity index (χ4v) is 2.86. The molecule has 0 radical (unpaired) electrons. The Hall–Kier alpha value is -1.06. The molecule has 3 heteroatoms. The van der Waals surface area contributed by atoms with Gasteiger partial charge < -0.3 is 15.0 Å². The second kappa shape index (κ2) is 8.28. The molecule has 0 saturated carbocycles. The predicted octanol–water partition coefficient (Wildman–Crippen LogP) is 2.92. The van der Waals surface area contributed by atoms with Crippen molar-refractivity contribution in [2.24, 2.45) is 0 Å². The minimum atomic E-state index is 0.585. The third-order valence-electron chi connectivity index (χ3n) is 3.71. The van der Waals surface area contributed by atoms with E-state index in [1.54, 1.807) is 0 Å². The summed E-state index contributed by atoms with van der Waals surface area (Å²) in [7, 11) is 0. The number of para-hydroxylation sites is 1. The molecule has 0 aliphatic carbocycles. The minimum absolute atomic E-state index is 0.585. The van der Waals surface area contributed by atoms with Crippen molar-refractivity contribution >= 4 is 0 Å². The van der Waals surface area contributed by atoms with Gasteiger partial charge in [0.1, 0.15) is 5.75 Å². The molecule has 1 aromatic rings. The zero-order valence-electron chi connectivity index (χ0n) is 12.8. The summed E-state index contributed by atoms with van der Waals surface area (Å²) in [5.41, 5.74) is 0. The van der Waals surface area contributed by atoms with Crippen molar-refractivity contribution in [2.75, 3.05) is 26.2 Å². The summed E-state index contributed by atoms with van der Waals surface area (Å²) >= 11 is 0. The maximum absolute atomic E-state index is 5.75. The van der Waals surface area contributed by atoms with Crippen molar-refractivity contribution in [3.63, 3.8) is 0 Å². The van der Waals surface area contributed by atoms with Crippen molar-refractivity contribution in [1.29, 1.82) is 0 Å². The van der Waals surface area contributed by atoms with Crippen molar-refractivity contribution in [2.45, 2.75) is 45.2 Å². The van der Waals surface area contributed by atoms with Crippen LogP contribution in [0, 0.1) is 0 Å². The first-order valence-corrected chi connectivity index (χ1v) is 7.90. The van der Waals surface area contributed by atoms with Crippen LogP contribution in [0.2, 0.25) is 0 Å². The number of rotatable bonds is 7. The van der Waals surface area contributed by atoms with Crippen LogP contribution in [0.4, 0.5) is 0 Å². The van der Waals surface area contributed by atoms with Crippen LogP contribution in [0.1, 0.15) is 33.1 Å². The molecular weight excluding hydrogens is 248 g/mol. The van der Waals surface area contributed by atoms with E-state index in [0.717, 1.165) is 25.3 Å². The van der Waals surface area contributed by atoms with Gasteiger partial charge in [0.15, 0.2) is 0 Å². The van der Waals surface area contributed by atoms with E-state index in [1.807, 2.05) is 30.3 Å². The first kappa shape index (κ1) is 15.3. The third kappa shape index (κ3) is 5.51. The largest absolute Gasteiger partial charge is 0.494 e. The number of nitrogens with one attached hydrogen (secondary N) is 1. The Morgan fingerprint density at radius 3 is 2.85 bits per heavy atom. The van der Waals surface area contributed by atoms with Gasteiger partial charge in [-0.1, -0.05) is 32.0 Å². The maximum atomic E-state index is 5.75. The fourth-order valence-electron chi connectivity index (χ4n) is 2.86. The highest BCUT2D eigenvalue weighted by atomic mass is 16.5. The van der Waals surface area contributed by atoms with Gasteiger partial charge in [0.05, 0.1) is 6.61 Å². The Morgan fingerprint density at radius 2 is 2.10 bits per heavy atom. The SMILES string of the molecule is CC(C)NC1CCCN(CCCOc2ccccc2)C1. The number of piperidine rings is 1.